The van der Waals surface area contributed by atoms with Crippen molar-refractivity contribution >= 4 is 5.91 Å². The second-order valence-electron chi connectivity index (χ2n) is 5.83. The van der Waals surface area contributed by atoms with Crippen molar-refractivity contribution in [3.05, 3.63) is 0 Å². The smallest absolute Gasteiger partial charge is 0.222 e. The molecule has 0 aromatic rings. The molecule has 1 saturated heterocycles. The van der Waals surface area contributed by atoms with Crippen molar-refractivity contribution in [2.24, 2.45) is 11.7 Å². The van der Waals surface area contributed by atoms with E-state index in [4.69, 9.17) is 10.5 Å². The Labute approximate surface area is 117 Å². The molecule has 4 nitrogen and oxygen atoms in total. The van der Waals surface area contributed by atoms with Crippen LogP contribution in [0.25, 0.3) is 0 Å². The molecule has 0 bridgehead atoms. The molecule has 0 saturated carbocycles. The highest BCUT2D eigenvalue weighted by atomic mass is 16.5. The fraction of sp³-hybridized carbons (Fsp3) is 0.933. The van der Waals surface area contributed by atoms with Crippen LogP contribution in [0.1, 0.15) is 52.9 Å². The van der Waals surface area contributed by atoms with Crippen LogP contribution in [0.4, 0.5) is 0 Å². The number of morpholine rings is 1. The zero-order chi connectivity index (χ0) is 14.3. The zero-order valence-corrected chi connectivity index (χ0v) is 12.7. The first kappa shape index (κ1) is 16.4. The van der Waals surface area contributed by atoms with Gasteiger partial charge in [-0.05, 0) is 39.2 Å². The number of hydrogen-bond donors (Lipinski definition) is 1. The molecule has 3 atom stereocenters. The minimum atomic E-state index is 0.156. The van der Waals surface area contributed by atoms with Gasteiger partial charge >= 0.3 is 0 Å². The molecule has 1 aliphatic rings. The fourth-order valence-corrected chi connectivity index (χ4v) is 2.94. The van der Waals surface area contributed by atoms with Crippen LogP contribution in [0.2, 0.25) is 0 Å². The molecule has 1 heterocycles. The van der Waals surface area contributed by atoms with Crippen molar-refractivity contribution in [3.8, 4) is 0 Å². The lowest BCUT2D eigenvalue weighted by Crippen LogP contribution is -2.48. The van der Waals surface area contributed by atoms with Gasteiger partial charge in [-0.25, -0.2) is 0 Å². The minimum Gasteiger partial charge on any atom is -0.372 e. The maximum Gasteiger partial charge on any atom is 0.222 e. The second kappa shape index (κ2) is 8.54. The zero-order valence-electron chi connectivity index (χ0n) is 12.7. The number of nitrogens with two attached hydrogens (primary N) is 1. The molecule has 0 aromatic heterocycles. The standard InChI is InChI=1S/C15H30N2O2/c1-4-5-14(8-9-16)6-7-15(18)17-10-12(2)19-13(3)11-17/h12-14H,4-11,16H2,1-3H3. The van der Waals surface area contributed by atoms with Gasteiger partial charge in [-0.3, -0.25) is 4.79 Å². The number of rotatable bonds is 7. The van der Waals surface area contributed by atoms with Crippen LogP contribution in [0.5, 0.6) is 0 Å². The second-order valence-corrected chi connectivity index (χ2v) is 5.83. The van der Waals surface area contributed by atoms with E-state index in [1.807, 2.05) is 18.7 Å². The molecule has 1 rings (SSSR count). The maximum absolute atomic E-state index is 12.2. The van der Waals surface area contributed by atoms with Crippen molar-refractivity contribution in [3.63, 3.8) is 0 Å². The van der Waals surface area contributed by atoms with Crippen LogP contribution >= 0.6 is 0 Å². The third kappa shape index (κ3) is 5.91. The molecule has 0 spiro atoms. The summed E-state index contributed by atoms with van der Waals surface area (Å²) in [5.41, 5.74) is 5.63. The molecule has 3 unspecified atom stereocenters. The highest BCUT2D eigenvalue weighted by Crippen LogP contribution is 2.19. The molecular formula is C15H30N2O2. The van der Waals surface area contributed by atoms with E-state index in [9.17, 15) is 4.79 Å². The Morgan fingerprint density at radius 2 is 1.89 bits per heavy atom. The van der Waals surface area contributed by atoms with Crippen molar-refractivity contribution in [1.29, 1.82) is 0 Å². The normalized spacial score (nSPS) is 25.4. The topological polar surface area (TPSA) is 55.6 Å². The summed E-state index contributed by atoms with van der Waals surface area (Å²) in [5.74, 6) is 0.884. The van der Waals surface area contributed by atoms with Crippen molar-refractivity contribution in [2.45, 2.75) is 65.1 Å². The van der Waals surface area contributed by atoms with Crippen molar-refractivity contribution in [1.82, 2.24) is 4.90 Å². The van der Waals surface area contributed by atoms with Crippen LogP contribution in [-0.4, -0.2) is 42.6 Å². The number of carbonyl (C=O) groups excluding carboxylic acids is 1. The van der Waals surface area contributed by atoms with Crippen molar-refractivity contribution < 1.29 is 9.53 Å². The van der Waals surface area contributed by atoms with E-state index in [0.29, 0.717) is 12.3 Å². The highest BCUT2D eigenvalue weighted by molar-refractivity contribution is 5.76. The van der Waals surface area contributed by atoms with E-state index < -0.39 is 0 Å². The minimum absolute atomic E-state index is 0.156. The monoisotopic (exact) mass is 270 g/mol. The van der Waals surface area contributed by atoms with E-state index >= 15 is 0 Å². The van der Waals surface area contributed by atoms with Crippen molar-refractivity contribution in [2.75, 3.05) is 19.6 Å². The lowest BCUT2D eigenvalue weighted by Gasteiger charge is -2.35. The van der Waals surface area contributed by atoms with Gasteiger partial charge in [-0.2, -0.15) is 0 Å². The molecule has 0 aliphatic carbocycles. The molecule has 1 fully saturated rings. The summed E-state index contributed by atoms with van der Waals surface area (Å²) in [7, 11) is 0. The Morgan fingerprint density at radius 1 is 1.26 bits per heavy atom. The number of nitrogens with zero attached hydrogens (tertiary/aromatic N) is 1. The Bertz CT molecular complexity index is 255. The molecule has 4 heteroatoms. The van der Waals surface area contributed by atoms with E-state index in [1.165, 1.54) is 12.8 Å². The van der Waals surface area contributed by atoms with E-state index in [2.05, 4.69) is 6.92 Å². The fourth-order valence-electron chi connectivity index (χ4n) is 2.94. The number of ether oxygens (including phenoxy) is 1. The van der Waals surface area contributed by atoms with Crippen LogP contribution in [-0.2, 0) is 9.53 Å². The summed E-state index contributed by atoms with van der Waals surface area (Å²) >= 11 is 0. The summed E-state index contributed by atoms with van der Waals surface area (Å²) < 4.78 is 5.66. The average molecular weight is 270 g/mol. The predicted molar refractivity (Wildman–Crippen MR) is 77.9 cm³/mol. The van der Waals surface area contributed by atoms with Crippen LogP contribution < -0.4 is 5.73 Å². The van der Waals surface area contributed by atoms with Gasteiger partial charge in [-0.15, -0.1) is 0 Å². The van der Waals surface area contributed by atoms with Crippen LogP contribution in [0, 0.1) is 5.92 Å². The van der Waals surface area contributed by atoms with Gasteiger partial charge in [0.1, 0.15) is 0 Å². The summed E-state index contributed by atoms with van der Waals surface area (Å²) in [6, 6.07) is 0. The molecule has 0 aromatic carbocycles. The largest absolute Gasteiger partial charge is 0.372 e. The van der Waals surface area contributed by atoms with Crippen LogP contribution in [0.3, 0.4) is 0 Å². The SMILES string of the molecule is CCCC(CCN)CCC(=O)N1CC(C)OC(C)C1. The van der Waals surface area contributed by atoms with E-state index in [1.54, 1.807) is 0 Å². The van der Waals surface area contributed by atoms with E-state index in [0.717, 1.165) is 32.5 Å². The number of hydrogen-bond acceptors (Lipinski definition) is 3. The van der Waals surface area contributed by atoms with E-state index in [-0.39, 0.29) is 18.1 Å². The predicted octanol–water partition coefficient (Wildman–Crippen LogP) is 2.17. The van der Waals surface area contributed by atoms with Gasteiger partial charge in [0.15, 0.2) is 0 Å². The Balaban J connectivity index is 2.36. The average Bonchev–Trinajstić information content (AvgIpc) is 2.35. The molecule has 2 N–H and O–H groups in total. The van der Waals surface area contributed by atoms with Gasteiger partial charge in [0.05, 0.1) is 12.2 Å². The van der Waals surface area contributed by atoms with Gasteiger partial charge in [-0.1, -0.05) is 19.8 Å². The maximum atomic E-state index is 12.2. The summed E-state index contributed by atoms with van der Waals surface area (Å²) in [5, 5.41) is 0. The lowest BCUT2D eigenvalue weighted by molar-refractivity contribution is -0.143. The molecule has 112 valence electrons. The number of amides is 1. The summed E-state index contributed by atoms with van der Waals surface area (Å²) in [4.78, 5) is 14.2. The Hall–Kier alpha value is -0.610. The van der Waals surface area contributed by atoms with Gasteiger partial charge in [0.2, 0.25) is 5.91 Å². The van der Waals surface area contributed by atoms with Gasteiger partial charge < -0.3 is 15.4 Å². The first-order valence-corrected chi connectivity index (χ1v) is 7.70. The molecular weight excluding hydrogens is 240 g/mol. The lowest BCUT2D eigenvalue weighted by atomic mass is 9.94. The molecule has 1 aliphatic heterocycles. The third-order valence-electron chi connectivity index (χ3n) is 3.81. The quantitative estimate of drug-likeness (QED) is 0.771. The first-order chi connectivity index (χ1) is 9.06. The summed E-state index contributed by atoms with van der Waals surface area (Å²) in [6.45, 7) is 8.45. The third-order valence-corrected chi connectivity index (χ3v) is 3.81. The molecule has 0 radical (unpaired) electrons. The number of carbonyl (C=O) groups is 1. The van der Waals surface area contributed by atoms with Gasteiger partial charge in [0.25, 0.3) is 0 Å². The Kier molecular flexibility index (Phi) is 7.39. The summed E-state index contributed by atoms with van der Waals surface area (Å²) in [6.07, 6.45) is 5.34. The van der Waals surface area contributed by atoms with Crippen LogP contribution in [0.15, 0.2) is 0 Å². The Morgan fingerprint density at radius 3 is 2.42 bits per heavy atom. The highest BCUT2D eigenvalue weighted by Gasteiger charge is 2.25. The van der Waals surface area contributed by atoms with Gasteiger partial charge in [0, 0.05) is 19.5 Å². The molecule has 19 heavy (non-hydrogen) atoms. The first-order valence-electron chi connectivity index (χ1n) is 7.70. The molecule has 1 amide bonds.